The summed E-state index contributed by atoms with van der Waals surface area (Å²) >= 11 is 19.0. The van der Waals surface area contributed by atoms with Crippen molar-refractivity contribution in [3.05, 3.63) is 0 Å². The van der Waals surface area contributed by atoms with Gasteiger partial charge in [0.05, 0.1) is 0 Å². The van der Waals surface area contributed by atoms with Gasteiger partial charge in [-0.05, 0) is 50.4 Å². The van der Waals surface area contributed by atoms with E-state index in [0.29, 0.717) is 11.3 Å². The molecule has 0 saturated heterocycles. The van der Waals surface area contributed by atoms with Crippen LogP contribution in [0.3, 0.4) is 0 Å². The Bertz CT molecular complexity index is 207. The van der Waals surface area contributed by atoms with E-state index in [1.807, 2.05) is 0 Å². The third kappa shape index (κ3) is 2.96. The lowest BCUT2D eigenvalue weighted by Gasteiger charge is -2.41. The first-order chi connectivity index (χ1) is 7.09. The molecule has 0 aromatic carbocycles. The smallest absolute Gasteiger partial charge is 0.121 e. The zero-order valence-corrected chi connectivity index (χ0v) is 11.3. The molecule has 2 saturated carbocycles. The highest BCUT2D eigenvalue weighted by Crippen LogP contribution is 2.49. The van der Waals surface area contributed by atoms with Crippen LogP contribution in [-0.4, -0.2) is 9.71 Å². The third-order valence-corrected chi connectivity index (χ3v) is 5.46. The van der Waals surface area contributed by atoms with Crippen LogP contribution in [0.15, 0.2) is 0 Å². The minimum atomic E-state index is -0.456. The quantitative estimate of drug-likeness (QED) is 0.578. The zero-order chi connectivity index (χ0) is 10.9. The molecule has 1 unspecified atom stereocenters. The van der Waals surface area contributed by atoms with Crippen molar-refractivity contribution in [2.45, 2.75) is 61.1 Å². The van der Waals surface area contributed by atoms with Crippen LogP contribution in [0.25, 0.3) is 0 Å². The molecule has 0 bridgehead atoms. The van der Waals surface area contributed by atoms with E-state index in [1.54, 1.807) is 0 Å². The van der Waals surface area contributed by atoms with Crippen LogP contribution in [0, 0.1) is 11.8 Å². The fraction of sp³-hybridized carbons (Fsp3) is 1.00. The molecule has 0 nitrogen and oxygen atoms in total. The largest absolute Gasteiger partial charge is 0.123 e. The average molecular weight is 270 g/mol. The van der Waals surface area contributed by atoms with Gasteiger partial charge in [-0.25, -0.2) is 0 Å². The molecule has 2 rings (SSSR count). The molecule has 2 aliphatic rings. The van der Waals surface area contributed by atoms with Gasteiger partial charge in [-0.1, -0.05) is 12.8 Å². The van der Waals surface area contributed by atoms with Crippen LogP contribution in [0.4, 0.5) is 0 Å². The van der Waals surface area contributed by atoms with Gasteiger partial charge in [-0.15, -0.1) is 34.8 Å². The highest BCUT2D eigenvalue weighted by molar-refractivity contribution is 6.48. The molecule has 0 aromatic rings. The van der Waals surface area contributed by atoms with Crippen molar-refractivity contribution in [2.24, 2.45) is 11.8 Å². The monoisotopic (exact) mass is 268 g/mol. The second kappa shape index (κ2) is 5.02. The summed E-state index contributed by atoms with van der Waals surface area (Å²) in [5, 5.41) is 0.393. The SMILES string of the molecule is ClC1CCC(C2CCCCC2(Cl)Cl)CC1. The Morgan fingerprint density at radius 2 is 1.53 bits per heavy atom. The van der Waals surface area contributed by atoms with Crippen LogP contribution in [0.1, 0.15) is 51.4 Å². The van der Waals surface area contributed by atoms with Crippen molar-refractivity contribution in [2.75, 3.05) is 0 Å². The van der Waals surface area contributed by atoms with E-state index in [4.69, 9.17) is 34.8 Å². The molecule has 0 N–H and O–H groups in total. The van der Waals surface area contributed by atoms with Crippen molar-refractivity contribution in [1.82, 2.24) is 0 Å². The Morgan fingerprint density at radius 3 is 2.13 bits per heavy atom. The number of rotatable bonds is 1. The van der Waals surface area contributed by atoms with Crippen LogP contribution < -0.4 is 0 Å². The van der Waals surface area contributed by atoms with Gasteiger partial charge >= 0.3 is 0 Å². The molecular weight excluding hydrogens is 250 g/mol. The van der Waals surface area contributed by atoms with E-state index < -0.39 is 4.33 Å². The van der Waals surface area contributed by atoms with Gasteiger partial charge in [0, 0.05) is 5.38 Å². The van der Waals surface area contributed by atoms with Gasteiger partial charge in [0.2, 0.25) is 0 Å². The van der Waals surface area contributed by atoms with Crippen LogP contribution in [0.5, 0.6) is 0 Å². The number of hydrogen-bond acceptors (Lipinski definition) is 0. The molecule has 0 heterocycles. The minimum Gasteiger partial charge on any atom is -0.123 e. The topological polar surface area (TPSA) is 0 Å². The summed E-state index contributed by atoms with van der Waals surface area (Å²) in [5.41, 5.74) is 0. The molecule has 0 amide bonds. The van der Waals surface area contributed by atoms with E-state index in [0.717, 1.165) is 25.2 Å². The molecule has 88 valence electrons. The second-order valence-corrected chi connectivity index (χ2v) is 7.28. The van der Waals surface area contributed by atoms with Crippen LogP contribution in [-0.2, 0) is 0 Å². The fourth-order valence-electron chi connectivity index (χ4n) is 3.18. The lowest BCUT2D eigenvalue weighted by atomic mass is 9.73. The van der Waals surface area contributed by atoms with E-state index in [-0.39, 0.29) is 0 Å². The minimum absolute atomic E-state index is 0.393. The first kappa shape index (κ1) is 12.3. The Kier molecular flexibility index (Phi) is 4.13. The van der Waals surface area contributed by atoms with Gasteiger partial charge in [-0.3, -0.25) is 0 Å². The zero-order valence-electron chi connectivity index (χ0n) is 9.02. The number of alkyl halides is 3. The van der Waals surface area contributed by atoms with Gasteiger partial charge in [-0.2, -0.15) is 0 Å². The standard InChI is InChI=1S/C12H19Cl3/c13-10-6-4-9(5-7-10)11-3-1-2-8-12(11,14)15/h9-11H,1-8H2. The van der Waals surface area contributed by atoms with Crippen LogP contribution in [0.2, 0.25) is 0 Å². The van der Waals surface area contributed by atoms with E-state index in [9.17, 15) is 0 Å². The summed E-state index contributed by atoms with van der Waals surface area (Å²) in [6, 6.07) is 0. The maximum absolute atomic E-state index is 6.44. The Hall–Kier alpha value is 0.870. The number of hydrogen-bond donors (Lipinski definition) is 0. The summed E-state index contributed by atoms with van der Waals surface area (Å²) in [7, 11) is 0. The molecule has 0 spiro atoms. The molecule has 0 aliphatic heterocycles. The summed E-state index contributed by atoms with van der Waals surface area (Å²) in [6.07, 6.45) is 9.41. The van der Waals surface area contributed by atoms with Crippen molar-refractivity contribution in [3.63, 3.8) is 0 Å². The van der Waals surface area contributed by atoms with E-state index >= 15 is 0 Å². The first-order valence-electron chi connectivity index (χ1n) is 6.11. The molecule has 0 radical (unpaired) electrons. The lowest BCUT2D eigenvalue weighted by molar-refractivity contribution is 0.186. The predicted molar refractivity (Wildman–Crippen MR) is 68.0 cm³/mol. The highest BCUT2D eigenvalue weighted by Gasteiger charge is 2.42. The van der Waals surface area contributed by atoms with E-state index in [2.05, 4.69) is 0 Å². The highest BCUT2D eigenvalue weighted by atomic mass is 35.5. The van der Waals surface area contributed by atoms with Crippen molar-refractivity contribution in [1.29, 1.82) is 0 Å². The van der Waals surface area contributed by atoms with Gasteiger partial charge < -0.3 is 0 Å². The Balaban J connectivity index is 1.96. The summed E-state index contributed by atoms with van der Waals surface area (Å²) < 4.78 is -0.456. The molecule has 0 aromatic heterocycles. The maximum atomic E-state index is 6.44. The van der Waals surface area contributed by atoms with Gasteiger partial charge in [0.25, 0.3) is 0 Å². The first-order valence-corrected chi connectivity index (χ1v) is 7.31. The lowest BCUT2D eigenvalue weighted by Crippen LogP contribution is -2.37. The molecule has 2 aliphatic carbocycles. The molecule has 2 fully saturated rings. The third-order valence-electron chi connectivity index (χ3n) is 4.09. The van der Waals surface area contributed by atoms with Gasteiger partial charge in [0.1, 0.15) is 4.33 Å². The maximum Gasteiger partial charge on any atom is 0.121 e. The van der Waals surface area contributed by atoms with Crippen molar-refractivity contribution in [3.8, 4) is 0 Å². The Labute approximate surface area is 108 Å². The Morgan fingerprint density at radius 1 is 0.867 bits per heavy atom. The summed E-state index contributed by atoms with van der Waals surface area (Å²) in [4.78, 5) is 0. The molecule has 15 heavy (non-hydrogen) atoms. The molecule has 1 atom stereocenters. The second-order valence-electron chi connectivity index (χ2n) is 5.13. The average Bonchev–Trinajstić information content (AvgIpc) is 2.19. The fourth-order valence-corrected chi connectivity index (χ4v) is 4.28. The number of halogens is 3. The molecule has 3 heteroatoms. The van der Waals surface area contributed by atoms with Crippen molar-refractivity contribution >= 4 is 34.8 Å². The van der Waals surface area contributed by atoms with Crippen molar-refractivity contribution < 1.29 is 0 Å². The summed E-state index contributed by atoms with van der Waals surface area (Å²) in [6.45, 7) is 0. The molecular formula is C12H19Cl3. The normalized spacial score (nSPS) is 41.4. The van der Waals surface area contributed by atoms with E-state index in [1.165, 1.54) is 32.1 Å². The van der Waals surface area contributed by atoms with Crippen LogP contribution >= 0.6 is 34.8 Å². The predicted octanol–water partition coefficient (Wildman–Crippen LogP) is 5.15. The summed E-state index contributed by atoms with van der Waals surface area (Å²) in [5.74, 6) is 1.23. The van der Waals surface area contributed by atoms with Gasteiger partial charge in [0.15, 0.2) is 0 Å².